The Kier molecular flexibility index (Phi) is 5.82. The zero-order chi connectivity index (χ0) is 11.8. The molecule has 4 nitrogen and oxygen atoms in total. The van der Waals surface area contributed by atoms with E-state index in [1.807, 2.05) is 12.1 Å². The first-order chi connectivity index (χ1) is 7.76. The molecule has 1 aromatic rings. The molecule has 1 rings (SSSR count). The topological polar surface area (TPSA) is 60.2 Å². The molecule has 0 saturated carbocycles. The van der Waals surface area contributed by atoms with Gasteiger partial charge in [-0.3, -0.25) is 0 Å². The Balaban J connectivity index is 2.31. The van der Waals surface area contributed by atoms with E-state index in [-0.39, 0.29) is 0 Å². The number of hydrogen-bond acceptors (Lipinski definition) is 4. The van der Waals surface area contributed by atoms with Gasteiger partial charge in [0.2, 0.25) is 0 Å². The third-order valence-electron chi connectivity index (χ3n) is 2.42. The van der Waals surface area contributed by atoms with Gasteiger partial charge in [0.1, 0.15) is 5.82 Å². The number of pyridine rings is 1. The van der Waals surface area contributed by atoms with Crippen molar-refractivity contribution in [2.24, 2.45) is 11.8 Å². The van der Waals surface area contributed by atoms with Crippen LogP contribution in [-0.2, 0) is 11.3 Å². The first-order valence-corrected chi connectivity index (χ1v) is 5.75. The Morgan fingerprint density at radius 3 is 3.06 bits per heavy atom. The first-order valence-electron chi connectivity index (χ1n) is 5.75. The van der Waals surface area contributed by atoms with E-state index in [0.29, 0.717) is 18.3 Å². The van der Waals surface area contributed by atoms with Crippen molar-refractivity contribution in [3.05, 3.63) is 23.9 Å². The highest BCUT2D eigenvalue weighted by atomic mass is 16.5. The molecule has 0 aromatic carbocycles. The summed E-state index contributed by atoms with van der Waals surface area (Å²) in [6.07, 6.45) is 4.15. The van der Waals surface area contributed by atoms with Crippen molar-refractivity contribution in [3.8, 4) is 0 Å². The fourth-order valence-electron chi connectivity index (χ4n) is 1.60. The van der Waals surface area contributed by atoms with E-state index in [1.54, 1.807) is 6.20 Å². The molecule has 90 valence electrons. The van der Waals surface area contributed by atoms with Crippen LogP contribution >= 0.6 is 0 Å². The Labute approximate surface area is 97.2 Å². The molecule has 1 unspecified atom stereocenters. The largest absolute Gasteiger partial charge is 0.376 e. The van der Waals surface area contributed by atoms with Crippen LogP contribution in [0.15, 0.2) is 18.3 Å². The van der Waals surface area contributed by atoms with Crippen LogP contribution in [0.5, 0.6) is 0 Å². The third kappa shape index (κ3) is 4.59. The van der Waals surface area contributed by atoms with Gasteiger partial charge in [0.25, 0.3) is 0 Å². The summed E-state index contributed by atoms with van der Waals surface area (Å²) in [4.78, 5) is 4.04. The molecule has 0 fully saturated rings. The summed E-state index contributed by atoms with van der Waals surface area (Å²) in [6.45, 7) is 5.83. The first kappa shape index (κ1) is 12.9. The van der Waals surface area contributed by atoms with Crippen LogP contribution in [0.25, 0.3) is 0 Å². The molecule has 1 aromatic heterocycles. The lowest BCUT2D eigenvalue weighted by Crippen LogP contribution is -2.09. The SMILES string of the molecule is CCCC(C)COCc1ccnc(NN)c1. The van der Waals surface area contributed by atoms with Crippen LogP contribution in [-0.4, -0.2) is 11.6 Å². The van der Waals surface area contributed by atoms with E-state index < -0.39 is 0 Å². The second-order valence-corrected chi connectivity index (χ2v) is 4.10. The number of hydrazine groups is 1. The third-order valence-corrected chi connectivity index (χ3v) is 2.42. The number of ether oxygens (including phenoxy) is 1. The Morgan fingerprint density at radius 2 is 2.38 bits per heavy atom. The molecule has 0 spiro atoms. The number of hydrogen-bond donors (Lipinski definition) is 2. The second-order valence-electron chi connectivity index (χ2n) is 4.10. The minimum atomic E-state index is 0.616. The van der Waals surface area contributed by atoms with Crippen molar-refractivity contribution in [1.82, 2.24) is 4.98 Å². The highest BCUT2D eigenvalue weighted by molar-refractivity contribution is 5.35. The van der Waals surface area contributed by atoms with E-state index in [9.17, 15) is 0 Å². The molecule has 0 aliphatic carbocycles. The molecule has 0 saturated heterocycles. The average Bonchev–Trinajstić information content (AvgIpc) is 2.30. The molecule has 4 heteroatoms. The number of nitrogens with one attached hydrogen (secondary N) is 1. The van der Waals surface area contributed by atoms with E-state index in [4.69, 9.17) is 10.6 Å². The molecule has 1 atom stereocenters. The highest BCUT2D eigenvalue weighted by Crippen LogP contribution is 2.09. The fraction of sp³-hybridized carbons (Fsp3) is 0.583. The fourth-order valence-corrected chi connectivity index (χ4v) is 1.60. The van der Waals surface area contributed by atoms with Gasteiger partial charge in [-0.1, -0.05) is 20.3 Å². The number of nitrogens with zero attached hydrogens (tertiary/aromatic N) is 1. The van der Waals surface area contributed by atoms with Crippen LogP contribution in [0.3, 0.4) is 0 Å². The molecule has 0 aliphatic rings. The maximum Gasteiger partial charge on any atom is 0.140 e. The summed E-state index contributed by atoms with van der Waals surface area (Å²) in [5.74, 6) is 6.58. The van der Waals surface area contributed by atoms with Gasteiger partial charge in [0, 0.05) is 12.8 Å². The molecule has 16 heavy (non-hydrogen) atoms. The van der Waals surface area contributed by atoms with Crippen molar-refractivity contribution < 1.29 is 4.74 Å². The molecule has 0 aliphatic heterocycles. The number of nitrogen functional groups attached to an aromatic ring is 1. The van der Waals surface area contributed by atoms with Crippen LogP contribution in [0.2, 0.25) is 0 Å². The summed E-state index contributed by atoms with van der Waals surface area (Å²) >= 11 is 0. The molecule has 0 radical (unpaired) electrons. The van der Waals surface area contributed by atoms with E-state index >= 15 is 0 Å². The number of anilines is 1. The van der Waals surface area contributed by atoms with Crippen molar-refractivity contribution in [2.75, 3.05) is 12.0 Å². The maximum absolute atomic E-state index is 5.64. The van der Waals surface area contributed by atoms with Crippen molar-refractivity contribution >= 4 is 5.82 Å². The lowest BCUT2D eigenvalue weighted by molar-refractivity contribution is 0.0893. The second kappa shape index (κ2) is 7.19. The molecular weight excluding hydrogens is 202 g/mol. The van der Waals surface area contributed by atoms with Gasteiger partial charge in [-0.2, -0.15) is 0 Å². The van der Waals surface area contributed by atoms with Gasteiger partial charge in [0.15, 0.2) is 0 Å². The zero-order valence-corrected chi connectivity index (χ0v) is 10.1. The number of rotatable bonds is 7. The van der Waals surface area contributed by atoms with Crippen molar-refractivity contribution in [2.45, 2.75) is 33.3 Å². The molecule has 1 heterocycles. The van der Waals surface area contributed by atoms with Crippen molar-refractivity contribution in [3.63, 3.8) is 0 Å². The minimum Gasteiger partial charge on any atom is -0.376 e. The highest BCUT2D eigenvalue weighted by Gasteiger charge is 2.01. The summed E-state index contributed by atoms with van der Waals surface area (Å²) in [7, 11) is 0. The van der Waals surface area contributed by atoms with E-state index in [1.165, 1.54) is 12.8 Å². The monoisotopic (exact) mass is 223 g/mol. The maximum atomic E-state index is 5.64. The smallest absolute Gasteiger partial charge is 0.140 e. The lowest BCUT2D eigenvalue weighted by Gasteiger charge is -2.11. The van der Waals surface area contributed by atoms with Crippen LogP contribution in [0.4, 0.5) is 5.82 Å². The molecule has 0 bridgehead atoms. The normalized spacial score (nSPS) is 12.4. The molecular formula is C12H21N3O. The van der Waals surface area contributed by atoms with Gasteiger partial charge < -0.3 is 10.2 Å². The van der Waals surface area contributed by atoms with E-state index in [0.717, 1.165) is 12.2 Å². The molecule has 0 amide bonds. The number of nitrogens with two attached hydrogens (primary N) is 1. The van der Waals surface area contributed by atoms with Crippen molar-refractivity contribution in [1.29, 1.82) is 0 Å². The summed E-state index contributed by atoms with van der Waals surface area (Å²) < 4.78 is 5.64. The summed E-state index contributed by atoms with van der Waals surface area (Å²) in [5, 5.41) is 0. The Bertz CT molecular complexity index is 304. The minimum absolute atomic E-state index is 0.616. The predicted octanol–water partition coefficient (Wildman–Crippen LogP) is 2.32. The van der Waals surface area contributed by atoms with Gasteiger partial charge in [0.05, 0.1) is 6.61 Å². The summed E-state index contributed by atoms with van der Waals surface area (Å²) in [5.41, 5.74) is 3.61. The van der Waals surface area contributed by atoms with Gasteiger partial charge in [-0.15, -0.1) is 0 Å². The van der Waals surface area contributed by atoms with Gasteiger partial charge in [-0.05, 0) is 30.0 Å². The molecule has 3 N–H and O–H groups in total. The quantitative estimate of drug-likeness (QED) is 0.550. The Hall–Kier alpha value is -1.13. The van der Waals surface area contributed by atoms with Crippen LogP contribution in [0, 0.1) is 5.92 Å². The van der Waals surface area contributed by atoms with E-state index in [2.05, 4.69) is 24.3 Å². The Morgan fingerprint density at radius 1 is 1.56 bits per heavy atom. The van der Waals surface area contributed by atoms with Crippen LogP contribution in [0.1, 0.15) is 32.3 Å². The summed E-state index contributed by atoms with van der Waals surface area (Å²) in [6, 6.07) is 3.83. The zero-order valence-electron chi connectivity index (χ0n) is 10.1. The van der Waals surface area contributed by atoms with Crippen LogP contribution < -0.4 is 11.3 Å². The van der Waals surface area contributed by atoms with Gasteiger partial charge >= 0.3 is 0 Å². The van der Waals surface area contributed by atoms with Gasteiger partial charge in [-0.25, -0.2) is 10.8 Å². The lowest BCUT2D eigenvalue weighted by atomic mass is 10.1. The predicted molar refractivity (Wildman–Crippen MR) is 65.8 cm³/mol. The standard InChI is InChI=1S/C12H21N3O/c1-3-4-10(2)8-16-9-11-5-6-14-12(7-11)15-13/h5-7,10H,3-4,8-9,13H2,1-2H3,(H,14,15). The average molecular weight is 223 g/mol. The number of aromatic nitrogens is 1.